The largest absolute Gasteiger partial charge is 0.301 e. The molecule has 4 nitrogen and oxygen atoms in total. The molecule has 2 aromatic heterocycles. The molecule has 0 unspecified atom stereocenters. The predicted molar refractivity (Wildman–Crippen MR) is 72.4 cm³/mol. The molecule has 2 rings (SSSR count). The lowest BCUT2D eigenvalue weighted by molar-refractivity contribution is -0.113. The lowest BCUT2D eigenvalue weighted by atomic mass is 10.3. The van der Waals surface area contributed by atoms with Gasteiger partial charge in [-0.1, -0.05) is 6.07 Å². The van der Waals surface area contributed by atoms with Crippen molar-refractivity contribution in [3.05, 3.63) is 29.8 Å². The van der Waals surface area contributed by atoms with E-state index in [2.05, 4.69) is 15.3 Å². The van der Waals surface area contributed by atoms with Gasteiger partial charge in [-0.05, 0) is 18.4 Å². The standard InChI is InChI=1S/C11H11N3OS2/c1-16-7-10(15)14-11-13-9(6-17-11)8-4-2-3-5-12-8/h2-6H,7H2,1H3,(H,13,14,15). The SMILES string of the molecule is CSCC(=O)Nc1nc(-c2ccccn2)cs1. The monoisotopic (exact) mass is 265 g/mol. The third-order valence-corrected chi connectivity index (χ3v) is 3.26. The fourth-order valence-corrected chi connectivity index (χ4v) is 2.30. The third-order valence-electron chi connectivity index (χ3n) is 1.95. The maximum absolute atomic E-state index is 11.4. The van der Waals surface area contributed by atoms with Crippen molar-refractivity contribution in [2.75, 3.05) is 17.3 Å². The quantitative estimate of drug-likeness (QED) is 0.923. The first-order valence-corrected chi connectivity index (χ1v) is 7.22. The van der Waals surface area contributed by atoms with E-state index >= 15 is 0 Å². The van der Waals surface area contributed by atoms with Crippen molar-refractivity contribution in [2.24, 2.45) is 0 Å². The number of hydrogen-bond acceptors (Lipinski definition) is 5. The van der Waals surface area contributed by atoms with Crippen molar-refractivity contribution in [3.8, 4) is 11.4 Å². The highest BCUT2D eigenvalue weighted by atomic mass is 32.2. The summed E-state index contributed by atoms with van der Waals surface area (Å²) in [5, 5.41) is 5.25. The average Bonchev–Trinajstić information content (AvgIpc) is 2.79. The number of amides is 1. The molecule has 6 heteroatoms. The van der Waals surface area contributed by atoms with Crippen LogP contribution in [-0.2, 0) is 4.79 Å². The van der Waals surface area contributed by atoms with E-state index in [0.29, 0.717) is 10.9 Å². The van der Waals surface area contributed by atoms with Gasteiger partial charge in [-0.3, -0.25) is 9.78 Å². The Morgan fingerprint density at radius 3 is 3.06 bits per heavy atom. The van der Waals surface area contributed by atoms with Crippen LogP contribution in [0.3, 0.4) is 0 Å². The first kappa shape index (κ1) is 12.1. The number of carbonyl (C=O) groups is 1. The van der Waals surface area contributed by atoms with Gasteiger partial charge in [-0.2, -0.15) is 11.8 Å². The maximum Gasteiger partial charge on any atom is 0.236 e. The molecule has 2 aromatic rings. The number of nitrogens with zero attached hydrogens (tertiary/aromatic N) is 2. The second-order valence-electron chi connectivity index (χ2n) is 3.23. The zero-order valence-corrected chi connectivity index (χ0v) is 10.8. The van der Waals surface area contributed by atoms with Gasteiger partial charge < -0.3 is 5.32 Å². The van der Waals surface area contributed by atoms with E-state index in [-0.39, 0.29) is 5.91 Å². The Kier molecular flexibility index (Phi) is 4.11. The minimum atomic E-state index is -0.0283. The van der Waals surface area contributed by atoms with Crippen LogP contribution >= 0.6 is 23.1 Å². The molecule has 0 bridgehead atoms. The summed E-state index contributed by atoms with van der Waals surface area (Å²) in [7, 11) is 0. The Labute approximate surface area is 107 Å². The number of pyridine rings is 1. The zero-order chi connectivity index (χ0) is 12.1. The molecule has 1 amide bonds. The van der Waals surface area contributed by atoms with Crippen LogP contribution in [0.15, 0.2) is 29.8 Å². The van der Waals surface area contributed by atoms with Crippen LogP contribution in [0.25, 0.3) is 11.4 Å². The van der Waals surface area contributed by atoms with Crippen LogP contribution in [0, 0.1) is 0 Å². The van der Waals surface area contributed by atoms with E-state index in [1.54, 1.807) is 6.20 Å². The smallest absolute Gasteiger partial charge is 0.236 e. The number of carbonyl (C=O) groups excluding carboxylic acids is 1. The lowest BCUT2D eigenvalue weighted by Crippen LogP contribution is -2.13. The van der Waals surface area contributed by atoms with Crippen molar-refractivity contribution in [1.82, 2.24) is 9.97 Å². The Morgan fingerprint density at radius 1 is 1.47 bits per heavy atom. The van der Waals surface area contributed by atoms with Crippen molar-refractivity contribution in [3.63, 3.8) is 0 Å². The molecule has 0 aliphatic rings. The van der Waals surface area contributed by atoms with Gasteiger partial charge in [0.1, 0.15) is 5.69 Å². The molecule has 0 aliphatic heterocycles. The van der Waals surface area contributed by atoms with Crippen molar-refractivity contribution < 1.29 is 4.79 Å². The number of thiazole rings is 1. The van der Waals surface area contributed by atoms with Crippen molar-refractivity contribution in [1.29, 1.82) is 0 Å². The molecule has 0 saturated carbocycles. The van der Waals surface area contributed by atoms with Gasteiger partial charge in [0.25, 0.3) is 0 Å². The highest BCUT2D eigenvalue weighted by Gasteiger charge is 2.07. The minimum Gasteiger partial charge on any atom is -0.301 e. The Bertz CT molecular complexity index is 498. The molecule has 2 heterocycles. The fraction of sp³-hybridized carbons (Fsp3) is 0.182. The highest BCUT2D eigenvalue weighted by Crippen LogP contribution is 2.22. The number of hydrogen-bond donors (Lipinski definition) is 1. The van der Waals surface area contributed by atoms with E-state index in [9.17, 15) is 4.79 Å². The van der Waals surface area contributed by atoms with Gasteiger partial charge in [0.2, 0.25) is 5.91 Å². The van der Waals surface area contributed by atoms with Crippen LogP contribution in [0.2, 0.25) is 0 Å². The van der Waals surface area contributed by atoms with Gasteiger partial charge in [0.15, 0.2) is 5.13 Å². The number of rotatable bonds is 4. The molecule has 0 radical (unpaired) electrons. The van der Waals surface area contributed by atoms with E-state index in [4.69, 9.17) is 0 Å². The van der Waals surface area contributed by atoms with Gasteiger partial charge in [0.05, 0.1) is 11.4 Å². The molecular weight excluding hydrogens is 254 g/mol. The second kappa shape index (κ2) is 5.79. The maximum atomic E-state index is 11.4. The van der Waals surface area contributed by atoms with Crippen LogP contribution in [0.4, 0.5) is 5.13 Å². The topological polar surface area (TPSA) is 54.9 Å². The predicted octanol–water partition coefficient (Wildman–Crippen LogP) is 2.51. The number of thioether (sulfide) groups is 1. The normalized spacial score (nSPS) is 10.2. The first-order valence-electron chi connectivity index (χ1n) is 4.95. The summed E-state index contributed by atoms with van der Waals surface area (Å²) in [4.78, 5) is 19.9. The Hall–Kier alpha value is -1.40. The third kappa shape index (κ3) is 3.28. The molecule has 0 aromatic carbocycles. The summed E-state index contributed by atoms with van der Waals surface area (Å²) < 4.78 is 0. The molecule has 0 saturated heterocycles. The van der Waals surface area contributed by atoms with E-state index in [0.717, 1.165) is 11.4 Å². The number of anilines is 1. The Morgan fingerprint density at radius 2 is 2.35 bits per heavy atom. The summed E-state index contributed by atoms with van der Waals surface area (Å²) in [6, 6.07) is 5.66. The van der Waals surface area contributed by atoms with Gasteiger partial charge in [-0.25, -0.2) is 4.98 Å². The van der Waals surface area contributed by atoms with Crippen molar-refractivity contribution in [2.45, 2.75) is 0 Å². The van der Waals surface area contributed by atoms with Gasteiger partial charge >= 0.3 is 0 Å². The minimum absolute atomic E-state index is 0.0283. The molecule has 1 N–H and O–H groups in total. The van der Waals surface area contributed by atoms with Gasteiger partial charge in [-0.15, -0.1) is 11.3 Å². The van der Waals surface area contributed by atoms with Crippen LogP contribution in [-0.4, -0.2) is 27.9 Å². The van der Waals surface area contributed by atoms with E-state index in [1.165, 1.54) is 23.1 Å². The number of nitrogens with one attached hydrogen (secondary N) is 1. The van der Waals surface area contributed by atoms with Crippen LogP contribution in [0.5, 0.6) is 0 Å². The van der Waals surface area contributed by atoms with E-state index in [1.807, 2.05) is 29.8 Å². The van der Waals surface area contributed by atoms with Crippen LogP contribution in [0.1, 0.15) is 0 Å². The molecular formula is C11H11N3OS2. The molecule has 88 valence electrons. The van der Waals surface area contributed by atoms with E-state index < -0.39 is 0 Å². The first-order chi connectivity index (χ1) is 8.29. The fourth-order valence-electron chi connectivity index (χ4n) is 1.25. The zero-order valence-electron chi connectivity index (χ0n) is 9.21. The summed E-state index contributed by atoms with van der Waals surface area (Å²) in [6.45, 7) is 0. The summed E-state index contributed by atoms with van der Waals surface area (Å²) in [5.74, 6) is 0.415. The highest BCUT2D eigenvalue weighted by molar-refractivity contribution is 7.99. The van der Waals surface area contributed by atoms with Gasteiger partial charge in [0, 0.05) is 11.6 Å². The Balaban J connectivity index is 2.09. The molecule has 0 spiro atoms. The second-order valence-corrected chi connectivity index (χ2v) is 4.96. The molecule has 0 fully saturated rings. The average molecular weight is 265 g/mol. The van der Waals surface area contributed by atoms with Crippen molar-refractivity contribution >= 4 is 34.1 Å². The number of aromatic nitrogens is 2. The lowest BCUT2D eigenvalue weighted by Gasteiger charge is -1.98. The molecule has 0 atom stereocenters. The summed E-state index contributed by atoms with van der Waals surface area (Å²) in [5.41, 5.74) is 1.60. The summed E-state index contributed by atoms with van der Waals surface area (Å²) in [6.07, 6.45) is 3.61. The summed E-state index contributed by atoms with van der Waals surface area (Å²) >= 11 is 2.89. The molecule has 17 heavy (non-hydrogen) atoms. The van der Waals surface area contributed by atoms with Crippen LogP contribution < -0.4 is 5.32 Å². The molecule has 0 aliphatic carbocycles.